The van der Waals surface area contributed by atoms with Crippen molar-refractivity contribution in [3.05, 3.63) is 45.9 Å². The Hall–Kier alpha value is -3.52. The highest BCUT2D eigenvalue weighted by atomic mass is 32.1. The molecular formula is C22H26N10O2S2. The highest BCUT2D eigenvalue weighted by molar-refractivity contribution is 7.15. The van der Waals surface area contributed by atoms with Gasteiger partial charge in [0.05, 0.1) is 24.2 Å². The van der Waals surface area contributed by atoms with E-state index >= 15 is 0 Å². The minimum absolute atomic E-state index is 0.153. The predicted molar refractivity (Wildman–Crippen MR) is 135 cm³/mol. The van der Waals surface area contributed by atoms with Gasteiger partial charge in [-0.1, -0.05) is 22.7 Å². The van der Waals surface area contributed by atoms with Crippen LogP contribution in [0.25, 0.3) is 0 Å². The lowest BCUT2D eigenvalue weighted by atomic mass is 9.83. The van der Waals surface area contributed by atoms with Crippen molar-refractivity contribution >= 4 is 44.8 Å². The molecule has 1 fully saturated rings. The maximum Gasteiger partial charge on any atom is 0.232 e. The van der Waals surface area contributed by atoms with Crippen molar-refractivity contribution in [1.82, 2.24) is 40.0 Å². The maximum atomic E-state index is 12.3. The van der Waals surface area contributed by atoms with Crippen LogP contribution in [-0.2, 0) is 36.5 Å². The van der Waals surface area contributed by atoms with Crippen molar-refractivity contribution in [2.24, 2.45) is 14.1 Å². The van der Waals surface area contributed by atoms with Crippen LogP contribution in [-0.4, -0.2) is 51.8 Å². The topological polar surface area (TPSA) is 145 Å². The molecule has 0 atom stereocenters. The zero-order chi connectivity index (χ0) is 25.1. The lowest BCUT2D eigenvalue weighted by Crippen LogP contribution is -2.14. The third-order valence-electron chi connectivity index (χ3n) is 6.02. The molecule has 0 spiro atoms. The van der Waals surface area contributed by atoms with Gasteiger partial charge in [-0.2, -0.15) is 10.2 Å². The molecule has 1 saturated carbocycles. The average molecular weight is 527 g/mol. The number of amides is 2. The Morgan fingerprint density at radius 2 is 1.19 bits per heavy atom. The largest absolute Gasteiger partial charge is 0.300 e. The lowest BCUT2D eigenvalue weighted by Gasteiger charge is -2.25. The lowest BCUT2D eigenvalue weighted by molar-refractivity contribution is -0.116. The van der Waals surface area contributed by atoms with E-state index in [-0.39, 0.29) is 24.7 Å². The van der Waals surface area contributed by atoms with E-state index in [1.54, 1.807) is 9.36 Å². The number of anilines is 2. The third-order valence-corrected chi connectivity index (χ3v) is 8.02. The van der Waals surface area contributed by atoms with Gasteiger partial charge >= 0.3 is 0 Å². The molecule has 0 aromatic carbocycles. The van der Waals surface area contributed by atoms with E-state index in [9.17, 15) is 9.59 Å². The smallest absolute Gasteiger partial charge is 0.232 e. The Labute approximate surface area is 215 Å². The first kappa shape index (κ1) is 24.2. The van der Waals surface area contributed by atoms with Crippen LogP contribution >= 0.6 is 22.7 Å². The van der Waals surface area contributed by atoms with Crippen molar-refractivity contribution in [2.75, 3.05) is 10.6 Å². The third kappa shape index (κ3) is 5.99. The molecule has 0 aliphatic heterocycles. The van der Waals surface area contributed by atoms with E-state index in [1.807, 2.05) is 38.6 Å². The van der Waals surface area contributed by atoms with Crippen LogP contribution in [0.3, 0.4) is 0 Å². The number of carbonyl (C=O) groups is 2. The van der Waals surface area contributed by atoms with E-state index in [2.05, 4.69) is 41.2 Å². The van der Waals surface area contributed by atoms with E-state index in [0.29, 0.717) is 33.5 Å². The zero-order valence-corrected chi connectivity index (χ0v) is 21.6. The van der Waals surface area contributed by atoms with Gasteiger partial charge in [0.1, 0.15) is 10.0 Å². The van der Waals surface area contributed by atoms with Crippen LogP contribution in [0.4, 0.5) is 10.3 Å². The van der Waals surface area contributed by atoms with Gasteiger partial charge in [-0.05, 0) is 37.8 Å². The SMILES string of the molecule is Cn1ccc(CC(=O)Nc2nnc([C@H]3CC[C@@H](c4nnc(NC(=O)Cc5ccn(C)n5)s4)CC3)s2)n1. The second-order valence-electron chi connectivity index (χ2n) is 8.85. The van der Waals surface area contributed by atoms with Crippen LogP contribution < -0.4 is 10.6 Å². The van der Waals surface area contributed by atoms with E-state index in [0.717, 1.165) is 35.7 Å². The fourth-order valence-electron chi connectivity index (χ4n) is 4.26. The number of carbonyl (C=O) groups excluding carboxylic acids is 2. The highest BCUT2D eigenvalue weighted by Crippen LogP contribution is 2.42. The minimum atomic E-state index is -0.153. The molecule has 188 valence electrons. The summed E-state index contributed by atoms with van der Waals surface area (Å²) >= 11 is 2.87. The van der Waals surface area contributed by atoms with Gasteiger partial charge in [-0.25, -0.2) is 0 Å². The zero-order valence-electron chi connectivity index (χ0n) is 19.9. The van der Waals surface area contributed by atoms with Crippen LogP contribution in [0, 0.1) is 0 Å². The molecular weight excluding hydrogens is 500 g/mol. The van der Waals surface area contributed by atoms with Crippen molar-refractivity contribution < 1.29 is 9.59 Å². The van der Waals surface area contributed by atoms with Crippen molar-refractivity contribution in [3.8, 4) is 0 Å². The highest BCUT2D eigenvalue weighted by Gasteiger charge is 2.28. The summed E-state index contributed by atoms with van der Waals surface area (Å²) in [6.07, 6.45) is 7.87. The standard InChI is InChI=1S/C22H26N10O2S2/c1-31-9-7-15(29-31)11-17(33)23-21-27-25-19(35-21)13-3-5-14(6-4-13)20-26-28-22(36-20)24-18(34)12-16-8-10-32(2)30-16/h7-10,13-14H,3-6,11-12H2,1-2H3,(H,23,27,33)(H,24,28,34)/t13-,14+. The molecule has 14 heteroatoms. The molecule has 1 aliphatic rings. The molecule has 4 aromatic rings. The summed E-state index contributed by atoms with van der Waals surface area (Å²) in [6, 6.07) is 3.64. The van der Waals surface area contributed by atoms with Gasteiger partial charge in [0.2, 0.25) is 22.1 Å². The van der Waals surface area contributed by atoms with Crippen LogP contribution in [0.15, 0.2) is 24.5 Å². The first-order valence-corrected chi connectivity index (χ1v) is 13.3. The Bertz CT molecular complexity index is 1250. The summed E-state index contributed by atoms with van der Waals surface area (Å²) in [5, 5.41) is 34.0. The van der Waals surface area contributed by atoms with E-state index < -0.39 is 0 Å². The molecule has 2 N–H and O–H groups in total. The average Bonchev–Trinajstić information content (AvgIpc) is 3.64. The van der Waals surface area contributed by atoms with Crippen molar-refractivity contribution in [1.29, 1.82) is 0 Å². The number of nitrogens with one attached hydrogen (secondary N) is 2. The van der Waals surface area contributed by atoms with Crippen LogP contribution in [0.2, 0.25) is 0 Å². The van der Waals surface area contributed by atoms with Crippen molar-refractivity contribution in [3.63, 3.8) is 0 Å². The van der Waals surface area contributed by atoms with Crippen LogP contribution in [0.1, 0.15) is 58.9 Å². The second-order valence-corrected chi connectivity index (χ2v) is 10.9. The number of rotatable bonds is 8. The second kappa shape index (κ2) is 10.6. The molecule has 5 rings (SSSR count). The summed E-state index contributed by atoms with van der Waals surface area (Å²) in [6.45, 7) is 0. The van der Waals surface area contributed by atoms with Gasteiger partial charge in [-0.15, -0.1) is 20.4 Å². The van der Waals surface area contributed by atoms with Gasteiger partial charge in [0.15, 0.2) is 0 Å². The molecule has 12 nitrogen and oxygen atoms in total. The van der Waals surface area contributed by atoms with E-state index in [1.165, 1.54) is 22.7 Å². The predicted octanol–water partition coefficient (Wildman–Crippen LogP) is 2.66. The molecule has 0 saturated heterocycles. The van der Waals surface area contributed by atoms with Gasteiger partial charge < -0.3 is 10.6 Å². The normalized spacial score (nSPS) is 17.7. The summed E-state index contributed by atoms with van der Waals surface area (Å²) in [4.78, 5) is 24.5. The first-order chi connectivity index (χ1) is 17.4. The first-order valence-electron chi connectivity index (χ1n) is 11.6. The minimum Gasteiger partial charge on any atom is -0.300 e. The molecule has 0 unspecified atom stereocenters. The molecule has 36 heavy (non-hydrogen) atoms. The van der Waals surface area contributed by atoms with Gasteiger partial charge in [0, 0.05) is 38.3 Å². The maximum absolute atomic E-state index is 12.3. The summed E-state index contributed by atoms with van der Waals surface area (Å²) in [5.41, 5.74) is 1.43. The molecule has 2 amide bonds. The Morgan fingerprint density at radius 3 is 1.56 bits per heavy atom. The fraction of sp³-hybridized carbons (Fsp3) is 0.455. The van der Waals surface area contributed by atoms with Crippen molar-refractivity contribution in [2.45, 2.75) is 50.4 Å². The Balaban J connectivity index is 1.09. The number of hydrogen-bond donors (Lipinski definition) is 2. The number of aryl methyl sites for hydroxylation is 2. The Morgan fingerprint density at radius 1 is 0.778 bits per heavy atom. The van der Waals surface area contributed by atoms with Gasteiger partial charge in [-0.3, -0.25) is 19.0 Å². The summed E-state index contributed by atoms with van der Waals surface area (Å²) in [7, 11) is 3.64. The number of nitrogens with zero attached hydrogens (tertiary/aromatic N) is 8. The molecule has 1 aliphatic carbocycles. The number of aromatic nitrogens is 8. The number of hydrogen-bond acceptors (Lipinski definition) is 10. The monoisotopic (exact) mass is 526 g/mol. The Kier molecular flexibility index (Phi) is 7.13. The van der Waals surface area contributed by atoms with E-state index in [4.69, 9.17) is 0 Å². The summed E-state index contributed by atoms with van der Waals surface area (Å²) in [5.74, 6) is 0.315. The van der Waals surface area contributed by atoms with Crippen LogP contribution in [0.5, 0.6) is 0 Å². The summed E-state index contributed by atoms with van der Waals surface area (Å²) < 4.78 is 3.34. The molecule has 4 heterocycles. The van der Waals surface area contributed by atoms with Gasteiger partial charge in [0.25, 0.3) is 0 Å². The quantitative estimate of drug-likeness (QED) is 0.356. The molecule has 0 radical (unpaired) electrons. The molecule has 0 bridgehead atoms. The molecule has 4 aromatic heterocycles. The fourth-order valence-corrected chi connectivity index (χ4v) is 6.12.